The highest BCUT2D eigenvalue weighted by molar-refractivity contribution is 4.59. The quantitative estimate of drug-likeness (QED) is 0.240. The Hall–Kier alpha value is -1.46. The number of hydrogen-bond donors (Lipinski definition) is 2. The van der Waals surface area contributed by atoms with Gasteiger partial charge in [-0.25, -0.2) is 0 Å². The van der Waals surface area contributed by atoms with Crippen molar-refractivity contribution in [1.29, 1.82) is 0 Å². The summed E-state index contributed by atoms with van der Waals surface area (Å²) in [6, 6.07) is 0. The van der Waals surface area contributed by atoms with E-state index >= 15 is 0 Å². The first-order valence-electron chi connectivity index (χ1n) is 2.23. The van der Waals surface area contributed by atoms with Crippen LogP contribution in [0, 0.1) is 18.2 Å². The van der Waals surface area contributed by atoms with Crippen molar-refractivity contribution in [2.24, 2.45) is 0 Å². The molecule has 0 fully saturated rings. The molecule has 1 rings (SSSR count). The molecular formula is C3H5N4O2+. The third-order valence-electron chi connectivity index (χ3n) is 0.689. The van der Waals surface area contributed by atoms with Crippen LogP contribution in [0.25, 0.3) is 0 Å². The summed E-state index contributed by atoms with van der Waals surface area (Å²) in [6.45, 7) is 1.54. The van der Waals surface area contributed by atoms with E-state index in [-0.39, 0.29) is 4.54 Å². The topological polar surface area (TPSA) is 75.8 Å². The summed E-state index contributed by atoms with van der Waals surface area (Å²) in [5.41, 5.74) is 0. The molecule has 0 saturated carbocycles. The Morgan fingerprint density at radius 3 is 3.00 bits per heavy atom. The minimum Gasteiger partial charge on any atom is -0.290 e. The fourth-order valence-electron chi connectivity index (χ4n) is 0.440. The van der Waals surface area contributed by atoms with Crippen LogP contribution < -0.4 is 9.39 Å². The Bertz CT molecular complexity index is 244. The average Bonchev–Trinajstić information content (AvgIpc) is 1.59. The van der Waals surface area contributed by atoms with Gasteiger partial charge in [-0.05, 0) is 4.85 Å². The van der Waals surface area contributed by atoms with Gasteiger partial charge in [-0.3, -0.25) is 5.21 Å². The van der Waals surface area contributed by atoms with Gasteiger partial charge in [0.15, 0.2) is 0 Å². The zero-order valence-corrected chi connectivity index (χ0v) is 4.70. The Morgan fingerprint density at radius 2 is 2.56 bits per heavy atom. The Morgan fingerprint density at radius 1 is 1.89 bits per heavy atom. The fraction of sp³-hybridized carbons (Fsp3) is 0.333. The number of aryl methyl sites for hydroxylation is 1. The molecule has 0 unspecified atom stereocenters. The SMILES string of the molecule is Cc1n[n+](=O)[c-][n+](O)[nH]1. The van der Waals surface area contributed by atoms with E-state index in [9.17, 15) is 4.91 Å². The van der Waals surface area contributed by atoms with E-state index in [2.05, 4.69) is 10.2 Å². The Labute approximate surface area is 49.9 Å². The van der Waals surface area contributed by atoms with Crippen LogP contribution >= 0.6 is 0 Å². The van der Waals surface area contributed by atoms with E-state index in [0.29, 0.717) is 10.7 Å². The largest absolute Gasteiger partial charge is 0.318 e. The van der Waals surface area contributed by atoms with Gasteiger partial charge in [0.05, 0.1) is 4.54 Å². The smallest absolute Gasteiger partial charge is 0.290 e. The van der Waals surface area contributed by atoms with Crippen LogP contribution in [0.5, 0.6) is 0 Å². The van der Waals surface area contributed by atoms with Crippen LogP contribution in [0.15, 0.2) is 0 Å². The molecule has 9 heavy (non-hydrogen) atoms. The fourth-order valence-corrected chi connectivity index (χ4v) is 0.440. The van der Waals surface area contributed by atoms with Crippen LogP contribution in [0.1, 0.15) is 5.82 Å². The van der Waals surface area contributed by atoms with Crippen LogP contribution in [0.2, 0.25) is 0 Å². The molecule has 0 amide bonds. The minimum absolute atomic E-state index is 0.131. The lowest BCUT2D eigenvalue weighted by Crippen LogP contribution is -2.44. The van der Waals surface area contributed by atoms with Crippen molar-refractivity contribution in [1.82, 2.24) is 10.2 Å². The maximum Gasteiger partial charge on any atom is 0.318 e. The molecule has 0 aromatic carbocycles. The maximum atomic E-state index is 10.3. The van der Waals surface area contributed by atoms with E-state index in [0.717, 1.165) is 0 Å². The summed E-state index contributed by atoms with van der Waals surface area (Å²) < 4.78 is 0.131. The van der Waals surface area contributed by atoms with Gasteiger partial charge >= 0.3 is 6.33 Å². The number of aromatic nitrogens is 4. The summed E-state index contributed by atoms with van der Waals surface area (Å²) in [5.74, 6) is 0.311. The molecule has 0 saturated heterocycles. The van der Waals surface area contributed by atoms with Crippen molar-refractivity contribution in [3.8, 4) is 0 Å². The van der Waals surface area contributed by atoms with Gasteiger partial charge in [-0.15, -0.1) is 5.10 Å². The van der Waals surface area contributed by atoms with Crippen molar-refractivity contribution in [3.05, 3.63) is 17.1 Å². The average molecular weight is 129 g/mol. The standard InChI is InChI=1S/C3H5N4O2/c1-3-4-6(8)2-7(9)5-3/h1H3,(H2,4,5,8,9)/q+1. The second-order valence-electron chi connectivity index (χ2n) is 1.48. The van der Waals surface area contributed by atoms with Crippen molar-refractivity contribution >= 4 is 0 Å². The molecule has 0 atom stereocenters. The molecule has 6 nitrogen and oxygen atoms in total. The third-order valence-corrected chi connectivity index (χ3v) is 0.689. The van der Waals surface area contributed by atoms with Gasteiger partial charge in [0.1, 0.15) is 0 Å². The second kappa shape index (κ2) is 1.81. The first kappa shape index (κ1) is 5.67. The van der Waals surface area contributed by atoms with Gasteiger partial charge in [-0.2, -0.15) is 0 Å². The number of H-pyrrole nitrogens is 1. The second-order valence-corrected chi connectivity index (χ2v) is 1.48. The lowest BCUT2D eigenvalue weighted by molar-refractivity contribution is -0.987. The molecule has 0 spiro atoms. The predicted molar refractivity (Wildman–Crippen MR) is 22.9 cm³/mol. The molecule has 1 aromatic heterocycles. The Kier molecular flexibility index (Phi) is 1.14. The third kappa shape index (κ3) is 1.21. The molecule has 0 aliphatic carbocycles. The van der Waals surface area contributed by atoms with Gasteiger partial charge in [0.25, 0.3) is 0 Å². The molecule has 48 valence electrons. The van der Waals surface area contributed by atoms with Gasteiger partial charge in [0.2, 0.25) is 5.82 Å². The molecule has 6 heteroatoms. The number of hydrogen-bond acceptors (Lipinski definition) is 3. The van der Waals surface area contributed by atoms with Gasteiger partial charge < -0.3 is 0 Å². The Balaban J connectivity index is 3.33. The van der Waals surface area contributed by atoms with Crippen LogP contribution in [0.4, 0.5) is 0 Å². The summed E-state index contributed by atoms with van der Waals surface area (Å²) >= 11 is 0. The van der Waals surface area contributed by atoms with E-state index in [1.807, 2.05) is 6.33 Å². The number of rotatable bonds is 0. The van der Waals surface area contributed by atoms with Crippen molar-refractivity contribution in [2.75, 3.05) is 0 Å². The molecule has 1 heterocycles. The highest BCUT2D eigenvalue weighted by Gasteiger charge is 1.96. The van der Waals surface area contributed by atoms with E-state index in [1.54, 1.807) is 0 Å². The molecule has 0 aliphatic heterocycles. The summed E-state index contributed by atoms with van der Waals surface area (Å²) in [7, 11) is 0. The highest BCUT2D eigenvalue weighted by Crippen LogP contribution is 1.65. The maximum absolute atomic E-state index is 10.3. The summed E-state index contributed by atoms with van der Waals surface area (Å²) in [6.07, 6.45) is 1.88. The normalized spacial score (nSPS) is 9.44. The van der Waals surface area contributed by atoms with Crippen LogP contribution in [-0.2, 0) is 0 Å². The number of aromatic amines is 1. The van der Waals surface area contributed by atoms with E-state index in [4.69, 9.17) is 5.21 Å². The van der Waals surface area contributed by atoms with Crippen molar-refractivity contribution < 1.29 is 14.6 Å². The zero-order valence-electron chi connectivity index (χ0n) is 4.70. The lowest BCUT2D eigenvalue weighted by atomic mass is 10.8. The van der Waals surface area contributed by atoms with Crippen LogP contribution in [0.3, 0.4) is 0 Å². The monoisotopic (exact) mass is 129 g/mol. The minimum atomic E-state index is 0.131. The molecule has 1 aromatic rings. The lowest BCUT2D eigenvalue weighted by Gasteiger charge is -1.84. The van der Waals surface area contributed by atoms with E-state index in [1.165, 1.54) is 6.92 Å². The predicted octanol–water partition coefficient (Wildman–Crippen LogP) is -2.04. The van der Waals surface area contributed by atoms with E-state index < -0.39 is 0 Å². The molecule has 0 aliphatic rings. The number of nitrogens with zero attached hydrogens (tertiary/aromatic N) is 3. The van der Waals surface area contributed by atoms with Gasteiger partial charge in [-0.1, -0.05) is 0 Å². The first-order valence-corrected chi connectivity index (χ1v) is 2.23. The highest BCUT2D eigenvalue weighted by atomic mass is 16.5. The van der Waals surface area contributed by atoms with Crippen LogP contribution in [-0.4, -0.2) is 15.4 Å². The molecule has 0 bridgehead atoms. The summed E-state index contributed by atoms with van der Waals surface area (Å²) in [4.78, 5) is 10.7. The summed E-state index contributed by atoms with van der Waals surface area (Å²) in [5, 5.41) is 14.1. The van der Waals surface area contributed by atoms with Crippen molar-refractivity contribution in [3.63, 3.8) is 0 Å². The molecular weight excluding hydrogens is 124 g/mol. The molecule has 0 radical (unpaired) electrons. The van der Waals surface area contributed by atoms with Crippen molar-refractivity contribution in [2.45, 2.75) is 6.92 Å². The van der Waals surface area contributed by atoms with Gasteiger partial charge in [0, 0.05) is 16.9 Å². The zero-order chi connectivity index (χ0) is 6.85. The first-order chi connectivity index (χ1) is 4.18. The molecule has 2 N–H and O–H groups in total. The number of nitrogens with one attached hydrogen (secondary N) is 1.